The van der Waals surface area contributed by atoms with Gasteiger partial charge >= 0.3 is 0 Å². The first kappa shape index (κ1) is 14.2. The number of H-pyrrole nitrogens is 1. The summed E-state index contributed by atoms with van der Waals surface area (Å²) in [5, 5.41) is 19.7. The first-order chi connectivity index (χ1) is 10.7. The van der Waals surface area contributed by atoms with Gasteiger partial charge in [-0.05, 0) is 23.1 Å². The zero-order valence-corrected chi connectivity index (χ0v) is 12.2. The van der Waals surface area contributed by atoms with E-state index in [4.69, 9.17) is 0 Å². The van der Waals surface area contributed by atoms with E-state index in [9.17, 15) is 9.90 Å². The Morgan fingerprint density at radius 2 is 2.23 bits per heavy atom. The predicted octanol–water partition coefficient (Wildman–Crippen LogP) is 2.63. The number of aromatic nitrogens is 4. The van der Waals surface area contributed by atoms with E-state index >= 15 is 0 Å². The third kappa shape index (κ3) is 3.09. The molecule has 7 heteroatoms. The first-order valence-corrected chi connectivity index (χ1v) is 7.44. The largest absolute Gasteiger partial charge is 0.504 e. The van der Waals surface area contributed by atoms with Gasteiger partial charge in [0, 0.05) is 35.3 Å². The van der Waals surface area contributed by atoms with Crippen LogP contribution in [-0.4, -0.2) is 31.1 Å². The summed E-state index contributed by atoms with van der Waals surface area (Å²) >= 11 is 1.44. The number of hydrogen-bond acceptors (Lipinski definition) is 6. The van der Waals surface area contributed by atoms with Crippen molar-refractivity contribution >= 4 is 22.9 Å². The number of ketones is 1. The van der Waals surface area contributed by atoms with Crippen molar-refractivity contribution in [1.82, 2.24) is 20.2 Å². The van der Waals surface area contributed by atoms with E-state index in [0.717, 1.165) is 17.3 Å². The highest BCUT2D eigenvalue weighted by Crippen LogP contribution is 2.20. The van der Waals surface area contributed by atoms with Gasteiger partial charge in [0.05, 0.1) is 0 Å². The Morgan fingerprint density at radius 1 is 1.32 bits per heavy atom. The van der Waals surface area contributed by atoms with E-state index in [1.54, 1.807) is 11.6 Å². The fourth-order valence-electron chi connectivity index (χ4n) is 1.97. The Balaban J connectivity index is 1.82. The highest BCUT2D eigenvalue weighted by molar-refractivity contribution is 7.08. The SMILES string of the molecule is O=C(C=C(O)c1nc[nH]n1)c1cscc1Cc1ccccn1. The van der Waals surface area contributed by atoms with Gasteiger partial charge in [0.2, 0.25) is 5.82 Å². The minimum absolute atomic E-state index is 0.0925. The van der Waals surface area contributed by atoms with Crippen molar-refractivity contribution in [3.05, 3.63) is 70.2 Å². The standard InChI is InChI=1S/C15H12N4O2S/c20-13(6-14(21)15-17-9-18-19-15)12-8-22-7-10(12)5-11-3-1-2-4-16-11/h1-4,6-9,21H,5H2,(H,17,18,19). The van der Waals surface area contributed by atoms with E-state index in [-0.39, 0.29) is 17.4 Å². The number of aliphatic hydroxyl groups is 1. The molecule has 3 aromatic rings. The molecule has 22 heavy (non-hydrogen) atoms. The molecule has 0 spiro atoms. The molecular weight excluding hydrogens is 300 g/mol. The van der Waals surface area contributed by atoms with Gasteiger partial charge in [-0.1, -0.05) is 6.07 Å². The lowest BCUT2D eigenvalue weighted by atomic mass is 10.0. The lowest BCUT2D eigenvalue weighted by Gasteiger charge is -2.01. The normalized spacial score (nSPS) is 11.5. The fraction of sp³-hybridized carbons (Fsp3) is 0.0667. The van der Waals surface area contributed by atoms with Crippen LogP contribution in [0.15, 0.2) is 47.6 Å². The average Bonchev–Trinajstić information content (AvgIpc) is 3.19. The molecular formula is C15H12N4O2S. The van der Waals surface area contributed by atoms with Crippen molar-refractivity contribution in [3.8, 4) is 0 Å². The Kier molecular flexibility index (Phi) is 4.06. The Bertz CT molecular complexity index is 794. The quantitative estimate of drug-likeness (QED) is 0.429. The maximum atomic E-state index is 12.3. The molecule has 0 atom stereocenters. The second-order valence-corrected chi connectivity index (χ2v) is 5.27. The molecule has 0 aliphatic carbocycles. The molecule has 0 radical (unpaired) electrons. The van der Waals surface area contributed by atoms with Gasteiger partial charge in [-0.25, -0.2) is 4.98 Å². The summed E-state index contributed by atoms with van der Waals surface area (Å²) in [7, 11) is 0. The molecule has 3 heterocycles. The van der Waals surface area contributed by atoms with Crippen molar-refractivity contribution in [2.45, 2.75) is 6.42 Å². The summed E-state index contributed by atoms with van der Waals surface area (Å²) in [5.74, 6) is -0.453. The summed E-state index contributed by atoms with van der Waals surface area (Å²) in [6.07, 6.45) is 4.76. The number of carbonyl (C=O) groups is 1. The van der Waals surface area contributed by atoms with Crippen LogP contribution >= 0.6 is 11.3 Å². The minimum Gasteiger partial charge on any atom is -0.504 e. The molecule has 0 aliphatic rings. The number of aromatic amines is 1. The average molecular weight is 312 g/mol. The number of carbonyl (C=O) groups excluding carboxylic acids is 1. The molecule has 3 rings (SSSR count). The molecule has 6 nitrogen and oxygen atoms in total. The summed E-state index contributed by atoms with van der Waals surface area (Å²) < 4.78 is 0. The maximum Gasteiger partial charge on any atom is 0.215 e. The van der Waals surface area contributed by atoms with E-state index in [1.807, 2.05) is 23.6 Å². The molecule has 2 N–H and O–H groups in total. The van der Waals surface area contributed by atoms with E-state index in [0.29, 0.717) is 12.0 Å². The summed E-state index contributed by atoms with van der Waals surface area (Å²) in [4.78, 5) is 20.4. The van der Waals surface area contributed by atoms with Gasteiger partial charge in [0.25, 0.3) is 0 Å². The minimum atomic E-state index is -0.283. The number of rotatable bonds is 5. The number of nitrogens with one attached hydrogen (secondary N) is 1. The number of aliphatic hydroxyl groups excluding tert-OH is 1. The zero-order chi connectivity index (χ0) is 15.4. The van der Waals surface area contributed by atoms with Crippen molar-refractivity contribution in [1.29, 1.82) is 0 Å². The number of thiophene rings is 1. The lowest BCUT2D eigenvalue weighted by molar-refractivity contribution is 0.104. The molecule has 0 amide bonds. The zero-order valence-electron chi connectivity index (χ0n) is 11.4. The highest BCUT2D eigenvalue weighted by atomic mass is 32.1. The van der Waals surface area contributed by atoms with Crippen LogP contribution in [-0.2, 0) is 6.42 Å². The van der Waals surface area contributed by atoms with Gasteiger partial charge in [-0.3, -0.25) is 14.9 Å². The molecule has 0 saturated heterocycles. The Hall–Kier alpha value is -2.80. The first-order valence-electron chi connectivity index (χ1n) is 6.50. The summed E-state index contributed by atoms with van der Waals surface area (Å²) in [5.41, 5.74) is 2.32. The van der Waals surface area contributed by atoms with Crippen LogP contribution in [0.25, 0.3) is 5.76 Å². The van der Waals surface area contributed by atoms with Crippen molar-refractivity contribution < 1.29 is 9.90 Å². The highest BCUT2D eigenvalue weighted by Gasteiger charge is 2.14. The van der Waals surface area contributed by atoms with E-state index in [2.05, 4.69) is 20.2 Å². The number of allylic oxidation sites excluding steroid dienone is 1. The summed E-state index contributed by atoms with van der Waals surface area (Å²) in [6.45, 7) is 0. The molecule has 0 saturated carbocycles. The lowest BCUT2D eigenvalue weighted by Crippen LogP contribution is -2.01. The topological polar surface area (TPSA) is 91.8 Å². The molecule has 0 fully saturated rings. The smallest absolute Gasteiger partial charge is 0.215 e. The van der Waals surface area contributed by atoms with Crippen molar-refractivity contribution in [3.63, 3.8) is 0 Å². The Labute approximate surface area is 130 Å². The number of hydrogen-bond donors (Lipinski definition) is 2. The third-order valence-corrected chi connectivity index (χ3v) is 3.81. The van der Waals surface area contributed by atoms with Gasteiger partial charge in [0.15, 0.2) is 11.5 Å². The fourth-order valence-corrected chi connectivity index (χ4v) is 2.82. The van der Waals surface area contributed by atoms with Crippen LogP contribution < -0.4 is 0 Å². The van der Waals surface area contributed by atoms with Crippen LogP contribution in [0.5, 0.6) is 0 Å². The van der Waals surface area contributed by atoms with Crippen molar-refractivity contribution in [2.75, 3.05) is 0 Å². The van der Waals surface area contributed by atoms with E-state index in [1.165, 1.54) is 17.7 Å². The Morgan fingerprint density at radius 3 is 2.95 bits per heavy atom. The third-order valence-electron chi connectivity index (χ3n) is 3.02. The van der Waals surface area contributed by atoms with Gasteiger partial charge < -0.3 is 5.11 Å². The monoisotopic (exact) mass is 312 g/mol. The molecule has 0 aliphatic heterocycles. The van der Waals surface area contributed by atoms with Gasteiger partial charge in [-0.2, -0.15) is 16.4 Å². The van der Waals surface area contributed by atoms with Crippen LogP contribution in [0.1, 0.15) is 27.4 Å². The maximum absolute atomic E-state index is 12.3. The molecule has 0 bridgehead atoms. The molecule has 0 unspecified atom stereocenters. The van der Waals surface area contributed by atoms with E-state index < -0.39 is 0 Å². The van der Waals surface area contributed by atoms with Crippen LogP contribution in [0.3, 0.4) is 0 Å². The van der Waals surface area contributed by atoms with Gasteiger partial charge in [0.1, 0.15) is 6.33 Å². The van der Waals surface area contributed by atoms with Crippen LogP contribution in [0, 0.1) is 0 Å². The second kappa shape index (κ2) is 6.31. The number of nitrogens with zero attached hydrogens (tertiary/aromatic N) is 3. The van der Waals surface area contributed by atoms with Gasteiger partial charge in [-0.15, -0.1) is 0 Å². The predicted molar refractivity (Wildman–Crippen MR) is 82.7 cm³/mol. The second-order valence-electron chi connectivity index (χ2n) is 4.53. The molecule has 110 valence electrons. The summed E-state index contributed by atoms with van der Waals surface area (Å²) in [6, 6.07) is 5.67. The van der Waals surface area contributed by atoms with Crippen molar-refractivity contribution in [2.24, 2.45) is 0 Å². The molecule has 3 aromatic heterocycles. The molecule has 0 aromatic carbocycles. The van der Waals surface area contributed by atoms with Crippen LogP contribution in [0.2, 0.25) is 0 Å². The van der Waals surface area contributed by atoms with Crippen LogP contribution in [0.4, 0.5) is 0 Å². The number of pyridine rings is 1.